The van der Waals surface area contributed by atoms with Crippen molar-refractivity contribution in [2.75, 3.05) is 12.4 Å². The summed E-state index contributed by atoms with van der Waals surface area (Å²) < 4.78 is 6.04. The number of hydrogen-bond acceptors (Lipinski definition) is 5. The first-order valence-corrected chi connectivity index (χ1v) is 7.03. The van der Waals surface area contributed by atoms with Gasteiger partial charge < -0.3 is 10.1 Å². The number of hydrogen-bond donors (Lipinski definition) is 1. The molecule has 0 fully saturated rings. The summed E-state index contributed by atoms with van der Waals surface area (Å²) in [4.78, 5) is 29.0. The molecule has 0 bridgehead atoms. The number of ether oxygens (including phenoxy) is 1. The molecule has 0 aliphatic rings. The molecular weight excluding hydrogens is 294 g/mol. The fourth-order valence-corrected chi connectivity index (χ4v) is 2.24. The van der Waals surface area contributed by atoms with Crippen LogP contribution in [0, 0.1) is 6.92 Å². The summed E-state index contributed by atoms with van der Waals surface area (Å²) in [7, 11) is 1.23. The number of fused-ring (bicyclic) bond motifs is 1. The topological polar surface area (TPSA) is 72.7 Å². The molecule has 0 aliphatic carbocycles. The van der Waals surface area contributed by atoms with Crippen molar-refractivity contribution in [1.82, 2.24) is 9.38 Å². The number of pyridine rings is 1. The maximum absolute atomic E-state index is 12.6. The van der Waals surface area contributed by atoms with Crippen molar-refractivity contribution in [3.05, 3.63) is 70.1 Å². The zero-order chi connectivity index (χ0) is 16.4. The Labute approximate surface area is 132 Å². The molecule has 3 rings (SSSR count). The number of aryl methyl sites for hydroxylation is 1. The first-order valence-electron chi connectivity index (χ1n) is 7.03. The van der Waals surface area contributed by atoms with E-state index in [2.05, 4.69) is 10.3 Å². The average molecular weight is 309 g/mol. The predicted octanol–water partition coefficient (Wildman–Crippen LogP) is 2.53. The van der Waals surface area contributed by atoms with Crippen LogP contribution in [0.15, 0.2) is 53.5 Å². The third-order valence-corrected chi connectivity index (χ3v) is 3.44. The van der Waals surface area contributed by atoms with Crippen LogP contribution >= 0.6 is 0 Å². The van der Waals surface area contributed by atoms with Crippen molar-refractivity contribution in [2.24, 2.45) is 0 Å². The van der Waals surface area contributed by atoms with Gasteiger partial charge in [-0.05, 0) is 31.2 Å². The van der Waals surface area contributed by atoms with Gasteiger partial charge in [0.2, 0.25) is 0 Å². The van der Waals surface area contributed by atoms with Crippen LogP contribution in [0.4, 0.5) is 11.5 Å². The Morgan fingerprint density at radius 3 is 2.61 bits per heavy atom. The highest BCUT2D eigenvalue weighted by Crippen LogP contribution is 2.18. The van der Waals surface area contributed by atoms with Crippen molar-refractivity contribution in [3.63, 3.8) is 0 Å². The van der Waals surface area contributed by atoms with Crippen molar-refractivity contribution in [1.29, 1.82) is 0 Å². The van der Waals surface area contributed by atoms with Gasteiger partial charge in [0.25, 0.3) is 5.56 Å². The molecule has 116 valence electrons. The molecule has 23 heavy (non-hydrogen) atoms. The van der Waals surface area contributed by atoms with Gasteiger partial charge in [-0.15, -0.1) is 0 Å². The standard InChI is InChI=1S/C17H15N3O3/c1-11-6-8-12(9-7-11)18-15-14(17(22)23-2)16(21)20-10-4-3-5-13(20)19-15/h3-10,18H,1-2H3. The molecule has 0 atom stereocenters. The summed E-state index contributed by atoms with van der Waals surface area (Å²) in [6.07, 6.45) is 1.56. The molecule has 0 radical (unpaired) electrons. The number of anilines is 2. The van der Waals surface area contributed by atoms with Gasteiger partial charge in [0, 0.05) is 11.9 Å². The summed E-state index contributed by atoms with van der Waals surface area (Å²) >= 11 is 0. The van der Waals surface area contributed by atoms with E-state index in [4.69, 9.17) is 4.74 Å². The Bertz CT molecular complexity index is 930. The van der Waals surface area contributed by atoms with Crippen molar-refractivity contribution < 1.29 is 9.53 Å². The van der Waals surface area contributed by atoms with Crippen LogP contribution in [-0.2, 0) is 4.74 Å². The largest absolute Gasteiger partial charge is 0.465 e. The SMILES string of the molecule is COC(=O)c1c(Nc2ccc(C)cc2)nc2ccccn2c1=O. The molecule has 0 amide bonds. The Balaban J connectivity index is 2.19. The van der Waals surface area contributed by atoms with Crippen molar-refractivity contribution in [2.45, 2.75) is 6.92 Å². The van der Waals surface area contributed by atoms with E-state index in [0.717, 1.165) is 11.3 Å². The molecule has 0 saturated carbocycles. The summed E-state index contributed by atoms with van der Waals surface area (Å²) in [6.45, 7) is 1.98. The highest BCUT2D eigenvalue weighted by molar-refractivity contribution is 5.95. The highest BCUT2D eigenvalue weighted by atomic mass is 16.5. The monoisotopic (exact) mass is 309 g/mol. The number of benzene rings is 1. The molecule has 2 aromatic heterocycles. The van der Waals surface area contributed by atoms with E-state index in [0.29, 0.717) is 5.65 Å². The molecule has 0 aliphatic heterocycles. The maximum Gasteiger partial charge on any atom is 0.347 e. The number of aromatic nitrogens is 2. The minimum Gasteiger partial charge on any atom is -0.465 e. The van der Waals surface area contributed by atoms with E-state index in [-0.39, 0.29) is 11.4 Å². The number of rotatable bonds is 3. The fourth-order valence-electron chi connectivity index (χ4n) is 2.24. The van der Waals surface area contributed by atoms with Crippen LogP contribution in [0.25, 0.3) is 5.65 Å². The predicted molar refractivity (Wildman–Crippen MR) is 87.3 cm³/mol. The molecule has 3 aromatic rings. The van der Waals surface area contributed by atoms with E-state index in [9.17, 15) is 9.59 Å². The number of carbonyl (C=O) groups excluding carboxylic acids is 1. The lowest BCUT2D eigenvalue weighted by molar-refractivity contribution is 0.0599. The maximum atomic E-state index is 12.6. The normalized spacial score (nSPS) is 10.5. The zero-order valence-electron chi connectivity index (χ0n) is 12.7. The average Bonchev–Trinajstić information content (AvgIpc) is 2.57. The van der Waals surface area contributed by atoms with Gasteiger partial charge in [0.05, 0.1) is 7.11 Å². The number of methoxy groups -OCH3 is 1. The second kappa shape index (κ2) is 5.92. The third-order valence-electron chi connectivity index (χ3n) is 3.44. The fraction of sp³-hybridized carbons (Fsp3) is 0.118. The first-order chi connectivity index (χ1) is 11.1. The molecule has 0 saturated heterocycles. The van der Waals surface area contributed by atoms with Gasteiger partial charge in [-0.3, -0.25) is 9.20 Å². The van der Waals surface area contributed by atoms with E-state index in [1.54, 1.807) is 24.4 Å². The third kappa shape index (κ3) is 2.78. The van der Waals surface area contributed by atoms with E-state index < -0.39 is 11.5 Å². The highest BCUT2D eigenvalue weighted by Gasteiger charge is 2.20. The van der Waals surface area contributed by atoms with Crippen LogP contribution in [0.5, 0.6) is 0 Å². The van der Waals surface area contributed by atoms with Crippen molar-refractivity contribution >= 4 is 23.1 Å². The van der Waals surface area contributed by atoms with Crippen LogP contribution < -0.4 is 10.9 Å². The van der Waals surface area contributed by atoms with Crippen LogP contribution in [0.1, 0.15) is 15.9 Å². The Morgan fingerprint density at radius 2 is 1.91 bits per heavy atom. The summed E-state index contributed by atoms with van der Waals surface area (Å²) in [5, 5.41) is 3.02. The smallest absolute Gasteiger partial charge is 0.347 e. The van der Waals surface area contributed by atoms with E-state index >= 15 is 0 Å². The molecule has 0 spiro atoms. The zero-order valence-corrected chi connectivity index (χ0v) is 12.7. The summed E-state index contributed by atoms with van der Waals surface area (Å²) in [6, 6.07) is 12.7. The van der Waals surface area contributed by atoms with Gasteiger partial charge in [-0.2, -0.15) is 0 Å². The first kappa shape index (κ1) is 14.8. The van der Waals surface area contributed by atoms with Gasteiger partial charge in [-0.1, -0.05) is 23.8 Å². The van der Waals surface area contributed by atoms with Crippen molar-refractivity contribution in [3.8, 4) is 0 Å². The number of nitrogens with zero attached hydrogens (tertiary/aromatic N) is 2. The number of carbonyl (C=O) groups is 1. The molecule has 6 heteroatoms. The second-order valence-electron chi connectivity index (χ2n) is 5.05. The minimum absolute atomic E-state index is 0.128. The number of nitrogens with one attached hydrogen (secondary N) is 1. The van der Waals surface area contributed by atoms with Gasteiger partial charge in [0.15, 0.2) is 11.4 Å². The minimum atomic E-state index is -0.727. The van der Waals surface area contributed by atoms with Crippen LogP contribution in [0.2, 0.25) is 0 Å². The number of esters is 1. The second-order valence-corrected chi connectivity index (χ2v) is 5.05. The lowest BCUT2D eigenvalue weighted by atomic mass is 10.2. The molecular formula is C17H15N3O3. The van der Waals surface area contributed by atoms with Gasteiger partial charge in [-0.25, -0.2) is 9.78 Å². The molecule has 1 N–H and O–H groups in total. The van der Waals surface area contributed by atoms with Crippen LogP contribution in [-0.4, -0.2) is 22.5 Å². The van der Waals surface area contributed by atoms with Gasteiger partial charge in [0.1, 0.15) is 5.65 Å². The Kier molecular flexibility index (Phi) is 3.80. The van der Waals surface area contributed by atoms with Gasteiger partial charge >= 0.3 is 5.97 Å². The Hall–Kier alpha value is -3.15. The van der Waals surface area contributed by atoms with Crippen LogP contribution in [0.3, 0.4) is 0 Å². The molecule has 6 nitrogen and oxygen atoms in total. The lowest BCUT2D eigenvalue weighted by Gasteiger charge is -2.11. The lowest BCUT2D eigenvalue weighted by Crippen LogP contribution is -2.25. The Morgan fingerprint density at radius 1 is 1.17 bits per heavy atom. The summed E-state index contributed by atoms with van der Waals surface area (Å²) in [5.41, 5.74) is 1.68. The van der Waals surface area contributed by atoms with E-state index in [1.165, 1.54) is 11.5 Å². The molecule has 2 heterocycles. The quantitative estimate of drug-likeness (QED) is 0.753. The van der Waals surface area contributed by atoms with E-state index in [1.807, 2.05) is 31.2 Å². The molecule has 1 aromatic carbocycles. The molecule has 0 unspecified atom stereocenters. The summed E-state index contributed by atoms with van der Waals surface area (Å²) in [5.74, 6) is -0.549.